The van der Waals surface area contributed by atoms with Crippen LogP contribution in [-0.4, -0.2) is 32.5 Å². The number of aromatic nitrogens is 4. The van der Waals surface area contributed by atoms with Crippen LogP contribution in [0.15, 0.2) is 12.3 Å². The minimum absolute atomic E-state index is 0.228. The molecule has 2 aromatic rings. The van der Waals surface area contributed by atoms with Gasteiger partial charge < -0.3 is 11.1 Å². The van der Waals surface area contributed by atoms with Crippen LogP contribution in [0.4, 0.5) is 5.69 Å². The van der Waals surface area contributed by atoms with E-state index in [4.69, 9.17) is 5.73 Å². The van der Waals surface area contributed by atoms with Gasteiger partial charge in [0, 0.05) is 20.3 Å². The maximum absolute atomic E-state index is 11.5. The van der Waals surface area contributed by atoms with E-state index in [-0.39, 0.29) is 5.91 Å². The Bertz CT molecular complexity index is 597. The lowest BCUT2D eigenvalue weighted by Gasteiger charge is -2.02. The van der Waals surface area contributed by atoms with Gasteiger partial charge in [-0.3, -0.25) is 4.79 Å². The minimum atomic E-state index is -0.228. The summed E-state index contributed by atoms with van der Waals surface area (Å²) in [5.74, 6) is 0.451. The molecule has 0 radical (unpaired) electrons. The molecule has 0 unspecified atom stereocenters. The minimum Gasteiger partial charge on any atom is -0.394 e. The molecule has 2 aromatic heterocycles. The summed E-state index contributed by atoms with van der Waals surface area (Å²) in [6.07, 6.45) is 3.50. The first-order valence-corrected chi connectivity index (χ1v) is 6.18. The van der Waals surface area contributed by atoms with Crippen molar-refractivity contribution in [2.24, 2.45) is 7.05 Å². The number of carbonyl (C=O) groups excluding carboxylic acids is 1. The molecule has 102 valence electrons. The Balaban J connectivity index is 2.41. The summed E-state index contributed by atoms with van der Waals surface area (Å²) in [6, 6.07) is 1.64. The van der Waals surface area contributed by atoms with Crippen molar-refractivity contribution in [2.75, 3.05) is 12.8 Å². The van der Waals surface area contributed by atoms with Crippen molar-refractivity contribution in [1.82, 2.24) is 24.9 Å². The molecular formula is C12H18N6O. The Labute approximate surface area is 111 Å². The van der Waals surface area contributed by atoms with Crippen LogP contribution in [0.2, 0.25) is 0 Å². The normalized spacial score (nSPS) is 10.7. The number of nitrogens with two attached hydrogens (primary N) is 1. The van der Waals surface area contributed by atoms with Crippen LogP contribution in [0.25, 0.3) is 5.82 Å². The summed E-state index contributed by atoms with van der Waals surface area (Å²) in [5.41, 5.74) is 7.91. The molecule has 0 saturated carbocycles. The third-order valence-corrected chi connectivity index (χ3v) is 2.88. The highest BCUT2D eigenvalue weighted by atomic mass is 16.1. The van der Waals surface area contributed by atoms with Gasteiger partial charge in [0.25, 0.3) is 5.91 Å². The van der Waals surface area contributed by atoms with Crippen molar-refractivity contribution in [1.29, 1.82) is 0 Å². The van der Waals surface area contributed by atoms with E-state index in [0.29, 0.717) is 17.2 Å². The smallest absolute Gasteiger partial charge is 0.271 e. The third kappa shape index (κ3) is 2.31. The van der Waals surface area contributed by atoms with Crippen LogP contribution in [0.3, 0.4) is 0 Å². The average molecular weight is 262 g/mol. The molecule has 0 spiro atoms. The molecule has 0 saturated heterocycles. The van der Waals surface area contributed by atoms with E-state index in [1.807, 2.05) is 7.05 Å². The van der Waals surface area contributed by atoms with Gasteiger partial charge in [-0.1, -0.05) is 13.3 Å². The zero-order chi connectivity index (χ0) is 14.0. The van der Waals surface area contributed by atoms with Crippen LogP contribution >= 0.6 is 0 Å². The fraction of sp³-hybridized carbons (Fsp3) is 0.417. The number of nitrogen functional groups attached to an aromatic ring is 1. The van der Waals surface area contributed by atoms with E-state index in [1.165, 1.54) is 0 Å². The standard InChI is InChI=1S/C12H18N6O/c1-4-5-8-10(13)12(17(3)15-8)18-7-6-9(16-18)11(19)14-2/h6-7H,4-5,13H2,1-3H3,(H,14,19). The van der Waals surface area contributed by atoms with Gasteiger partial charge in [0.1, 0.15) is 5.69 Å². The number of hydrogen-bond donors (Lipinski definition) is 2. The molecule has 3 N–H and O–H groups in total. The number of nitrogens with zero attached hydrogens (tertiary/aromatic N) is 4. The second-order valence-corrected chi connectivity index (χ2v) is 4.28. The van der Waals surface area contributed by atoms with Gasteiger partial charge in [0.05, 0.1) is 5.69 Å². The van der Waals surface area contributed by atoms with Gasteiger partial charge in [-0.05, 0) is 12.5 Å². The first-order chi connectivity index (χ1) is 9.08. The summed E-state index contributed by atoms with van der Waals surface area (Å²) in [5, 5.41) is 11.1. The maximum atomic E-state index is 11.5. The molecule has 0 aliphatic carbocycles. The highest BCUT2D eigenvalue weighted by Gasteiger charge is 2.16. The van der Waals surface area contributed by atoms with Gasteiger partial charge >= 0.3 is 0 Å². The summed E-state index contributed by atoms with van der Waals surface area (Å²) < 4.78 is 3.26. The SMILES string of the molecule is CCCc1nn(C)c(-n2ccc(C(=O)NC)n2)c1N. The predicted molar refractivity (Wildman–Crippen MR) is 72.1 cm³/mol. The van der Waals surface area contributed by atoms with E-state index in [0.717, 1.165) is 18.5 Å². The van der Waals surface area contributed by atoms with Gasteiger partial charge in [0.15, 0.2) is 11.5 Å². The number of rotatable bonds is 4. The Hall–Kier alpha value is -2.31. The van der Waals surface area contributed by atoms with Gasteiger partial charge in [0.2, 0.25) is 0 Å². The van der Waals surface area contributed by atoms with Crippen molar-refractivity contribution in [3.8, 4) is 5.82 Å². The molecule has 7 heteroatoms. The number of hydrogen-bond acceptors (Lipinski definition) is 4. The zero-order valence-corrected chi connectivity index (χ0v) is 11.3. The fourth-order valence-electron chi connectivity index (χ4n) is 1.97. The van der Waals surface area contributed by atoms with Gasteiger partial charge in [-0.25, -0.2) is 9.36 Å². The molecule has 2 heterocycles. The quantitative estimate of drug-likeness (QED) is 0.839. The monoisotopic (exact) mass is 262 g/mol. The van der Waals surface area contributed by atoms with E-state index < -0.39 is 0 Å². The van der Waals surface area contributed by atoms with Gasteiger partial charge in [-0.15, -0.1) is 0 Å². The van der Waals surface area contributed by atoms with Crippen LogP contribution < -0.4 is 11.1 Å². The van der Waals surface area contributed by atoms with Crippen LogP contribution in [-0.2, 0) is 13.5 Å². The van der Waals surface area contributed by atoms with Crippen LogP contribution in [0.1, 0.15) is 29.5 Å². The van der Waals surface area contributed by atoms with Gasteiger partial charge in [-0.2, -0.15) is 10.2 Å². The molecule has 1 amide bonds. The third-order valence-electron chi connectivity index (χ3n) is 2.88. The molecule has 0 atom stereocenters. The predicted octanol–water partition coefficient (Wildman–Crippen LogP) is 0.500. The Morgan fingerprint density at radius 2 is 2.21 bits per heavy atom. The molecule has 7 nitrogen and oxygen atoms in total. The summed E-state index contributed by atoms with van der Waals surface area (Å²) in [6.45, 7) is 2.07. The van der Waals surface area contributed by atoms with E-state index in [2.05, 4.69) is 22.4 Å². The lowest BCUT2D eigenvalue weighted by atomic mass is 10.2. The van der Waals surface area contributed by atoms with E-state index in [9.17, 15) is 4.79 Å². The average Bonchev–Trinajstić information content (AvgIpc) is 2.95. The Morgan fingerprint density at radius 1 is 1.47 bits per heavy atom. The largest absolute Gasteiger partial charge is 0.394 e. The molecule has 0 fully saturated rings. The van der Waals surface area contributed by atoms with Crippen molar-refractivity contribution in [2.45, 2.75) is 19.8 Å². The zero-order valence-electron chi connectivity index (χ0n) is 11.3. The number of amides is 1. The first-order valence-electron chi connectivity index (χ1n) is 6.18. The maximum Gasteiger partial charge on any atom is 0.271 e. The highest BCUT2D eigenvalue weighted by Crippen LogP contribution is 2.21. The number of anilines is 1. The molecule has 0 aliphatic rings. The summed E-state index contributed by atoms with van der Waals surface area (Å²) in [4.78, 5) is 11.5. The lowest BCUT2D eigenvalue weighted by Crippen LogP contribution is -2.18. The van der Waals surface area contributed by atoms with Crippen LogP contribution in [0, 0.1) is 0 Å². The van der Waals surface area contributed by atoms with Crippen LogP contribution in [0.5, 0.6) is 0 Å². The molecule has 0 aromatic carbocycles. The van der Waals surface area contributed by atoms with Crippen molar-refractivity contribution in [3.05, 3.63) is 23.7 Å². The first kappa shape index (κ1) is 13.1. The fourth-order valence-corrected chi connectivity index (χ4v) is 1.97. The Kier molecular flexibility index (Phi) is 3.55. The molecule has 0 aliphatic heterocycles. The Morgan fingerprint density at radius 3 is 2.84 bits per heavy atom. The summed E-state index contributed by atoms with van der Waals surface area (Å²) in [7, 11) is 3.38. The van der Waals surface area contributed by atoms with E-state index in [1.54, 1.807) is 28.7 Å². The topological polar surface area (TPSA) is 90.8 Å². The second kappa shape index (κ2) is 5.13. The van der Waals surface area contributed by atoms with E-state index >= 15 is 0 Å². The molecular weight excluding hydrogens is 244 g/mol. The second-order valence-electron chi connectivity index (χ2n) is 4.28. The highest BCUT2D eigenvalue weighted by molar-refractivity contribution is 5.91. The van der Waals surface area contributed by atoms with Crippen molar-refractivity contribution >= 4 is 11.6 Å². The molecule has 0 bridgehead atoms. The summed E-state index contributed by atoms with van der Waals surface area (Å²) >= 11 is 0. The number of nitrogens with one attached hydrogen (secondary N) is 1. The molecule has 19 heavy (non-hydrogen) atoms. The number of carbonyl (C=O) groups is 1. The number of aryl methyl sites for hydroxylation is 2. The van der Waals surface area contributed by atoms with Crippen molar-refractivity contribution < 1.29 is 4.79 Å². The van der Waals surface area contributed by atoms with Crippen molar-refractivity contribution in [3.63, 3.8) is 0 Å². The lowest BCUT2D eigenvalue weighted by molar-refractivity contribution is 0.0957. The molecule has 2 rings (SSSR count).